The normalized spacial score (nSPS) is 16.9. The quantitative estimate of drug-likeness (QED) is 0.837. The van der Waals surface area contributed by atoms with Crippen LogP contribution in [0.4, 0.5) is 0 Å². The third kappa shape index (κ3) is 2.62. The maximum atomic E-state index is 12.5. The Morgan fingerprint density at radius 3 is 2.85 bits per heavy atom. The Bertz CT molecular complexity index is 599. The van der Waals surface area contributed by atoms with Crippen LogP contribution in [0, 0.1) is 0 Å². The highest BCUT2D eigenvalue weighted by molar-refractivity contribution is 6.08. The van der Waals surface area contributed by atoms with Crippen molar-refractivity contribution in [3.05, 3.63) is 36.0 Å². The molecule has 4 nitrogen and oxygen atoms in total. The fraction of sp³-hybridized carbons (Fsp3) is 0.438. The number of carbonyl (C=O) groups is 1. The summed E-state index contributed by atoms with van der Waals surface area (Å²) in [5.74, 6) is 0.198. The van der Waals surface area contributed by atoms with E-state index in [-0.39, 0.29) is 5.78 Å². The lowest BCUT2D eigenvalue weighted by atomic mass is 10.0. The number of fused-ring (bicyclic) bond motifs is 1. The average Bonchev–Trinajstić information content (AvgIpc) is 2.92. The van der Waals surface area contributed by atoms with Crippen LogP contribution < -0.4 is 5.32 Å². The van der Waals surface area contributed by atoms with Crippen molar-refractivity contribution in [3.8, 4) is 0 Å². The number of hydrogen-bond donors (Lipinski definition) is 2. The van der Waals surface area contributed by atoms with Gasteiger partial charge >= 0.3 is 0 Å². The van der Waals surface area contributed by atoms with Gasteiger partial charge in [-0.25, -0.2) is 0 Å². The number of aromatic amines is 1. The maximum absolute atomic E-state index is 12.5. The lowest BCUT2D eigenvalue weighted by molar-refractivity contribution is 0.0905. The summed E-state index contributed by atoms with van der Waals surface area (Å²) in [5.41, 5.74) is 1.83. The van der Waals surface area contributed by atoms with Gasteiger partial charge in [0.1, 0.15) is 0 Å². The van der Waals surface area contributed by atoms with Gasteiger partial charge in [-0.2, -0.15) is 0 Å². The van der Waals surface area contributed by atoms with E-state index in [0.717, 1.165) is 42.4 Å². The summed E-state index contributed by atoms with van der Waals surface area (Å²) in [6.45, 7) is 2.60. The minimum Gasteiger partial charge on any atom is -0.360 e. The number of piperidine rings is 1. The Morgan fingerprint density at radius 1 is 1.30 bits per heavy atom. The number of ketones is 1. The molecule has 1 aliphatic rings. The van der Waals surface area contributed by atoms with Crippen LogP contribution in [0.3, 0.4) is 0 Å². The van der Waals surface area contributed by atoms with E-state index in [0.29, 0.717) is 12.6 Å². The average molecular weight is 271 g/mol. The zero-order chi connectivity index (χ0) is 13.9. The number of nitrogens with zero attached hydrogens (tertiary/aromatic N) is 1. The fourth-order valence-electron chi connectivity index (χ4n) is 2.99. The SMILES string of the molecule is CN(CC(=O)c1c[nH]c2ccccc12)C1CCNCC1. The first-order valence-corrected chi connectivity index (χ1v) is 7.26. The molecule has 3 rings (SSSR count). The van der Waals surface area contributed by atoms with Gasteiger partial charge in [-0.05, 0) is 39.0 Å². The number of likely N-dealkylation sites (N-methyl/N-ethyl adjacent to an activating group) is 1. The highest BCUT2D eigenvalue weighted by Crippen LogP contribution is 2.19. The predicted molar refractivity (Wildman–Crippen MR) is 81.2 cm³/mol. The topological polar surface area (TPSA) is 48.1 Å². The van der Waals surface area contributed by atoms with E-state index in [1.54, 1.807) is 0 Å². The molecular weight excluding hydrogens is 250 g/mol. The van der Waals surface area contributed by atoms with Crippen LogP contribution in [-0.2, 0) is 0 Å². The van der Waals surface area contributed by atoms with Crippen molar-refractivity contribution in [1.29, 1.82) is 0 Å². The number of rotatable bonds is 4. The van der Waals surface area contributed by atoms with E-state index in [2.05, 4.69) is 22.2 Å². The highest BCUT2D eigenvalue weighted by atomic mass is 16.1. The smallest absolute Gasteiger partial charge is 0.178 e. The third-order valence-electron chi connectivity index (χ3n) is 4.21. The molecule has 1 aromatic heterocycles. The Morgan fingerprint density at radius 2 is 2.05 bits per heavy atom. The van der Waals surface area contributed by atoms with Crippen molar-refractivity contribution in [2.75, 3.05) is 26.7 Å². The molecule has 0 unspecified atom stereocenters. The number of hydrogen-bond acceptors (Lipinski definition) is 3. The molecule has 1 aromatic carbocycles. The molecular formula is C16H21N3O. The summed E-state index contributed by atoms with van der Waals surface area (Å²) in [4.78, 5) is 17.9. The Kier molecular flexibility index (Phi) is 3.85. The summed E-state index contributed by atoms with van der Waals surface area (Å²) < 4.78 is 0. The monoisotopic (exact) mass is 271 g/mol. The maximum Gasteiger partial charge on any atom is 0.178 e. The van der Waals surface area contributed by atoms with Gasteiger partial charge in [0, 0.05) is 28.7 Å². The van der Waals surface area contributed by atoms with Gasteiger partial charge in [0.05, 0.1) is 6.54 Å². The zero-order valence-electron chi connectivity index (χ0n) is 11.9. The molecule has 0 aliphatic carbocycles. The lowest BCUT2D eigenvalue weighted by Gasteiger charge is -2.31. The molecule has 106 valence electrons. The lowest BCUT2D eigenvalue weighted by Crippen LogP contribution is -2.43. The van der Waals surface area contributed by atoms with E-state index in [1.807, 2.05) is 30.5 Å². The van der Waals surface area contributed by atoms with Crippen molar-refractivity contribution in [2.45, 2.75) is 18.9 Å². The van der Waals surface area contributed by atoms with Crippen molar-refractivity contribution >= 4 is 16.7 Å². The van der Waals surface area contributed by atoms with Crippen LogP contribution in [0.15, 0.2) is 30.5 Å². The number of benzene rings is 1. The molecule has 2 aromatic rings. The number of aromatic nitrogens is 1. The Hall–Kier alpha value is -1.65. The second kappa shape index (κ2) is 5.77. The van der Waals surface area contributed by atoms with Crippen LogP contribution in [0.1, 0.15) is 23.2 Å². The van der Waals surface area contributed by atoms with Gasteiger partial charge in [0.25, 0.3) is 0 Å². The number of nitrogens with one attached hydrogen (secondary N) is 2. The molecule has 4 heteroatoms. The van der Waals surface area contributed by atoms with Gasteiger partial charge in [-0.15, -0.1) is 0 Å². The molecule has 0 amide bonds. The van der Waals surface area contributed by atoms with Crippen molar-refractivity contribution < 1.29 is 4.79 Å². The summed E-state index contributed by atoms with van der Waals surface area (Å²) in [5, 5.41) is 4.38. The number of Topliss-reactive ketones (excluding diaryl/α,β-unsaturated/α-hetero) is 1. The van der Waals surface area contributed by atoms with Crippen LogP contribution in [-0.4, -0.2) is 48.4 Å². The van der Waals surface area contributed by atoms with Crippen LogP contribution in [0.2, 0.25) is 0 Å². The standard InChI is InChI=1S/C16H21N3O/c1-19(12-6-8-17-9-7-12)11-16(20)14-10-18-15-5-3-2-4-13(14)15/h2-5,10,12,17-18H,6-9,11H2,1H3. The van der Waals surface area contributed by atoms with E-state index < -0.39 is 0 Å². The molecule has 2 heterocycles. The van der Waals surface area contributed by atoms with Gasteiger partial charge in [0.2, 0.25) is 0 Å². The van der Waals surface area contributed by atoms with Crippen molar-refractivity contribution in [1.82, 2.24) is 15.2 Å². The first kappa shape index (κ1) is 13.3. The molecule has 20 heavy (non-hydrogen) atoms. The van der Waals surface area contributed by atoms with Gasteiger partial charge in [-0.1, -0.05) is 18.2 Å². The van der Waals surface area contributed by atoms with Gasteiger partial charge in [-0.3, -0.25) is 9.69 Å². The van der Waals surface area contributed by atoms with Crippen LogP contribution in [0.5, 0.6) is 0 Å². The fourth-order valence-corrected chi connectivity index (χ4v) is 2.99. The second-order valence-corrected chi connectivity index (χ2v) is 5.57. The van der Waals surface area contributed by atoms with Crippen molar-refractivity contribution in [2.24, 2.45) is 0 Å². The second-order valence-electron chi connectivity index (χ2n) is 5.57. The van der Waals surface area contributed by atoms with E-state index in [4.69, 9.17) is 0 Å². The third-order valence-corrected chi connectivity index (χ3v) is 4.21. The number of carbonyl (C=O) groups excluding carboxylic acids is 1. The molecule has 1 fully saturated rings. The molecule has 0 radical (unpaired) electrons. The van der Waals surface area contributed by atoms with E-state index in [1.165, 1.54) is 0 Å². The van der Waals surface area contributed by atoms with E-state index >= 15 is 0 Å². The number of H-pyrrole nitrogens is 1. The van der Waals surface area contributed by atoms with Crippen LogP contribution in [0.25, 0.3) is 10.9 Å². The molecule has 0 spiro atoms. The number of para-hydroxylation sites is 1. The largest absolute Gasteiger partial charge is 0.360 e. The summed E-state index contributed by atoms with van der Waals surface area (Å²) in [7, 11) is 2.06. The Balaban J connectivity index is 1.72. The predicted octanol–water partition coefficient (Wildman–Crippen LogP) is 2.03. The van der Waals surface area contributed by atoms with Crippen molar-refractivity contribution in [3.63, 3.8) is 0 Å². The first-order chi connectivity index (χ1) is 9.75. The molecule has 0 bridgehead atoms. The minimum absolute atomic E-state index is 0.198. The Labute approximate surface area is 119 Å². The highest BCUT2D eigenvalue weighted by Gasteiger charge is 2.21. The van der Waals surface area contributed by atoms with E-state index in [9.17, 15) is 4.79 Å². The summed E-state index contributed by atoms with van der Waals surface area (Å²) in [6, 6.07) is 8.48. The summed E-state index contributed by atoms with van der Waals surface area (Å²) >= 11 is 0. The molecule has 1 aliphatic heterocycles. The zero-order valence-corrected chi connectivity index (χ0v) is 11.9. The first-order valence-electron chi connectivity index (χ1n) is 7.26. The molecule has 0 atom stereocenters. The minimum atomic E-state index is 0.198. The van der Waals surface area contributed by atoms with Gasteiger partial charge in [0.15, 0.2) is 5.78 Å². The summed E-state index contributed by atoms with van der Waals surface area (Å²) in [6.07, 6.45) is 4.08. The molecule has 2 N–H and O–H groups in total. The molecule has 0 saturated carbocycles. The van der Waals surface area contributed by atoms with Crippen LogP contribution >= 0.6 is 0 Å². The molecule has 1 saturated heterocycles. The van der Waals surface area contributed by atoms with Gasteiger partial charge < -0.3 is 10.3 Å².